The molecule has 0 N–H and O–H groups in total. The van der Waals surface area contributed by atoms with E-state index in [1.54, 1.807) is 0 Å². The second kappa shape index (κ2) is 16.0. The highest BCUT2D eigenvalue weighted by atomic mass is 16.3. The van der Waals surface area contributed by atoms with Gasteiger partial charge in [0.1, 0.15) is 11.2 Å². The van der Waals surface area contributed by atoms with Crippen LogP contribution in [0.4, 0.5) is 17.1 Å². The van der Waals surface area contributed by atoms with E-state index in [1.807, 2.05) is 6.07 Å². The molecule has 11 aromatic carbocycles. The zero-order valence-corrected chi connectivity index (χ0v) is 36.6. The molecule has 0 aliphatic carbocycles. The zero-order valence-electron chi connectivity index (χ0n) is 36.6. The predicted octanol–water partition coefficient (Wildman–Crippen LogP) is 18.0. The van der Waals surface area contributed by atoms with E-state index in [2.05, 4.69) is 258 Å². The normalized spacial score (nSPS) is 11.6. The van der Waals surface area contributed by atoms with Gasteiger partial charge in [0.25, 0.3) is 0 Å². The van der Waals surface area contributed by atoms with Crippen LogP contribution in [0.3, 0.4) is 0 Å². The lowest BCUT2D eigenvalue weighted by molar-refractivity contribution is 0.670. The minimum absolute atomic E-state index is 0.889. The van der Waals surface area contributed by atoms with Crippen LogP contribution in [0.5, 0.6) is 0 Å². The molecule has 0 unspecified atom stereocenters. The van der Waals surface area contributed by atoms with Gasteiger partial charge in [-0.05, 0) is 105 Å². The summed E-state index contributed by atoms with van der Waals surface area (Å²) in [6.07, 6.45) is 0. The molecule has 0 saturated heterocycles. The summed E-state index contributed by atoms with van der Waals surface area (Å²) >= 11 is 0. The maximum atomic E-state index is 6.62. The molecule has 0 spiro atoms. The third-order valence-corrected chi connectivity index (χ3v) is 13.4. The zero-order chi connectivity index (χ0) is 44.3. The lowest BCUT2D eigenvalue weighted by Gasteiger charge is -2.28. The van der Waals surface area contributed by atoms with Crippen LogP contribution in [0, 0.1) is 0 Å². The Labute approximate surface area is 388 Å². The predicted molar refractivity (Wildman–Crippen MR) is 282 cm³/mol. The van der Waals surface area contributed by atoms with E-state index in [0.717, 1.165) is 66.9 Å². The highest BCUT2D eigenvalue weighted by Crippen LogP contribution is 2.45. The molecule has 0 fully saturated rings. The van der Waals surface area contributed by atoms with Crippen molar-refractivity contribution in [2.75, 3.05) is 4.90 Å². The van der Waals surface area contributed by atoms with Crippen molar-refractivity contribution in [2.45, 2.75) is 0 Å². The van der Waals surface area contributed by atoms with Gasteiger partial charge in [-0.25, -0.2) is 0 Å². The van der Waals surface area contributed by atoms with Gasteiger partial charge in [-0.1, -0.05) is 194 Å². The molecular formula is C64H42N2O. The first-order valence-corrected chi connectivity index (χ1v) is 22.9. The van der Waals surface area contributed by atoms with E-state index >= 15 is 0 Å². The highest BCUT2D eigenvalue weighted by Gasteiger charge is 2.21. The van der Waals surface area contributed by atoms with Crippen molar-refractivity contribution in [2.24, 2.45) is 0 Å². The Balaban J connectivity index is 0.874. The van der Waals surface area contributed by atoms with Crippen molar-refractivity contribution in [3.63, 3.8) is 0 Å². The van der Waals surface area contributed by atoms with Gasteiger partial charge in [0, 0.05) is 49.7 Å². The molecule has 2 aromatic heterocycles. The number of hydrogen-bond acceptors (Lipinski definition) is 2. The maximum Gasteiger partial charge on any atom is 0.143 e. The Bertz CT molecular complexity index is 3910. The number of benzene rings is 11. The number of anilines is 3. The first kappa shape index (κ1) is 38.5. The topological polar surface area (TPSA) is 21.3 Å². The first-order chi connectivity index (χ1) is 33.2. The summed E-state index contributed by atoms with van der Waals surface area (Å²) in [4.78, 5) is 2.38. The number of fused-ring (bicyclic) bond motifs is 7. The smallest absolute Gasteiger partial charge is 0.143 e. The molecule has 0 amide bonds. The summed E-state index contributed by atoms with van der Waals surface area (Å²) in [5, 5.41) is 7.24. The Morgan fingerprint density at radius 1 is 0.313 bits per heavy atom. The van der Waals surface area contributed by atoms with E-state index in [1.165, 1.54) is 54.8 Å². The fraction of sp³-hybridized carbons (Fsp3) is 0. The van der Waals surface area contributed by atoms with Gasteiger partial charge >= 0.3 is 0 Å². The van der Waals surface area contributed by atoms with Crippen molar-refractivity contribution in [1.82, 2.24) is 4.57 Å². The number of para-hydroxylation sites is 5. The molecule has 67 heavy (non-hydrogen) atoms. The van der Waals surface area contributed by atoms with Crippen LogP contribution in [0.15, 0.2) is 259 Å². The molecule has 13 aromatic rings. The quantitative estimate of drug-likeness (QED) is 0.152. The van der Waals surface area contributed by atoms with Crippen LogP contribution in [-0.2, 0) is 0 Å². The fourth-order valence-corrected chi connectivity index (χ4v) is 10.2. The molecule has 0 radical (unpaired) electrons. The Morgan fingerprint density at radius 3 is 1.54 bits per heavy atom. The molecule has 0 atom stereocenters. The van der Waals surface area contributed by atoms with Crippen molar-refractivity contribution >= 4 is 71.6 Å². The van der Waals surface area contributed by atoms with E-state index in [9.17, 15) is 0 Å². The third-order valence-electron chi connectivity index (χ3n) is 13.4. The third kappa shape index (κ3) is 6.59. The molecule has 2 heterocycles. The Kier molecular flexibility index (Phi) is 9.17. The molecule has 0 aliphatic heterocycles. The van der Waals surface area contributed by atoms with Crippen LogP contribution in [0.2, 0.25) is 0 Å². The van der Waals surface area contributed by atoms with Gasteiger partial charge in [0.05, 0.1) is 16.7 Å². The molecule has 0 saturated carbocycles. The minimum atomic E-state index is 0.889. The average Bonchev–Trinajstić information content (AvgIpc) is 3.96. The number of aromatic nitrogens is 1. The second-order valence-corrected chi connectivity index (χ2v) is 17.3. The van der Waals surface area contributed by atoms with Crippen molar-refractivity contribution < 1.29 is 4.42 Å². The SMILES string of the molecule is c1cc(-c2ccc(-c3ccc(N(c4ccc(-c5cccc6ccccc56)cc4)c4ccccc4-c4cccc5c4oc4ccccc45)cc3)cc2)cc(-n2c3ccccc3c3ccccc32)c1. The van der Waals surface area contributed by atoms with E-state index in [0.29, 0.717) is 0 Å². The summed E-state index contributed by atoms with van der Waals surface area (Å²) < 4.78 is 9.00. The lowest BCUT2D eigenvalue weighted by atomic mass is 9.97. The Morgan fingerprint density at radius 2 is 0.806 bits per heavy atom. The molecule has 314 valence electrons. The van der Waals surface area contributed by atoms with Crippen LogP contribution < -0.4 is 4.90 Å². The number of furan rings is 1. The van der Waals surface area contributed by atoms with Crippen LogP contribution >= 0.6 is 0 Å². The minimum Gasteiger partial charge on any atom is -0.455 e. The summed E-state index contributed by atoms with van der Waals surface area (Å²) in [7, 11) is 0. The van der Waals surface area contributed by atoms with Crippen LogP contribution in [0.25, 0.3) is 105 Å². The van der Waals surface area contributed by atoms with Gasteiger partial charge in [-0.2, -0.15) is 0 Å². The summed E-state index contributed by atoms with van der Waals surface area (Å²) in [5.74, 6) is 0. The Hall–Kier alpha value is -8.92. The van der Waals surface area contributed by atoms with Gasteiger partial charge in [-0.15, -0.1) is 0 Å². The summed E-state index contributed by atoms with van der Waals surface area (Å²) in [5.41, 5.74) is 17.8. The van der Waals surface area contributed by atoms with Gasteiger partial charge in [-0.3, -0.25) is 0 Å². The van der Waals surface area contributed by atoms with E-state index in [-0.39, 0.29) is 0 Å². The standard InChI is InChI=1S/C64H42N2O/c1-2-18-52-46(14-1)15-12-23-53(52)47-36-40-50(41-37-47)65(60-26-7-5-21-56(60)58-24-13-25-59-57-22-6-10-29-63(57)67-64(58)59)49-38-34-44(35-39-49)43-30-32-45(33-31-43)48-16-11-17-51(42-48)66-61-27-8-3-19-54(61)55-20-4-9-28-62(55)66/h1-42H. The summed E-state index contributed by atoms with van der Waals surface area (Å²) in [6, 6.07) is 91.8. The molecule has 3 heteroatoms. The van der Waals surface area contributed by atoms with Crippen LogP contribution in [0.1, 0.15) is 0 Å². The van der Waals surface area contributed by atoms with Crippen molar-refractivity contribution in [3.05, 3.63) is 255 Å². The van der Waals surface area contributed by atoms with Crippen molar-refractivity contribution in [1.29, 1.82) is 0 Å². The summed E-state index contributed by atoms with van der Waals surface area (Å²) in [6.45, 7) is 0. The highest BCUT2D eigenvalue weighted by molar-refractivity contribution is 6.11. The van der Waals surface area contributed by atoms with Gasteiger partial charge in [0.2, 0.25) is 0 Å². The fourth-order valence-electron chi connectivity index (χ4n) is 10.2. The molecule has 13 rings (SSSR count). The number of nitrogens with zero attached hydrogens (tertiary/aromatic N) is 2. The van der Waals surface area contributed by atoms with E-state index < -0.39 is 0 Å². The average molecular weight is 855 g/mol. The monoisotopic (exact) mass is 854 g/mol. The van der Waals surface area contributed by atoms with Crippen molar-refractivity contribution in [3.8, 4) is 50.2 Å². The number of rotatable bonds is 8. The maximum absolute atomic E-state index is 6.62. The number of hydrogen-bond donors (Lipinski definition) is 0. The first-order valence-electron chi connectivity index (χ1n) is 22.9. The second-order valence-electron chi connectivity index (χ2n) is 17.3. The van der Waals surface area contributed by atoms with E-state index in [4.69, 9.17) is 4.42 Å². The molecule has 0 bridgehead atoms. The van der Waals surface area contributed by atoms with Gasteiger partial charge < -0.3 is 13.9 Å². The molecule has 3 nitrogen and oxygen atoms in total. The molecular weight excluding hydrogens is 813 g/mol. The largest absolute Gasteiger partial charge is 0.455 e. The van der Waals surface area contributed by atoms with Gasteiger partial charge in [0.15, 0.2) is 0 Å². The van der Waals surface area contributed by atoms with Crippen LogP contribution in [-0.4, -0.2) is 4.57 Å². The molecule has 0 aliphatic rings. The lowest BCUT2D eigenvalue weighted by Crippen LogP contribution is -2.11.